The van der Waals surface area contributed by atoms with Crippen LogP contribution in [0.1, 0.15) is 6.23 Å². The lowest BCUT2D eigenvalue weighted by Crippen LogP contribution is -2.35. The van der Waals surface area contributed by atoms with Gasteiger partial charge in [-0.15, -0.1) is 5.10 Å². The molecule has 4 heteroatoms. The van der Waals surface area contributed by atoms with Gasteiger partial charge in [-0.05, 0) is 6.08 Å². The summed E-state index contributed by atoms with van der Waals surface area (Å²) in [6.45, 7) is 3.40. The van der Waals surface area contributed by atoms with Crippen LogP contribution >= 0.6 is 0 Å². The molecule has 0 saturated heterocycles. The van der Waals surface area contributed by atoms with Crippen molar-refractivity contribution in [2.45, 2.75) is 6.23 Å². The zero-order valence-corrected chi connectivity index (χ0v) is 4.86. The molecule has 2 N–H and O–H groups in total. The molecule has 1 unspecified atom stereocenters. The van der Waals surface area contributed by atoms with Crippen LogP contribution in [0.4, 0.5) is 0 Å². The highest BCUT2D eigenvalue weighted by Gasteiger charge is 2.03. The molecule has 48 valence electrons. The molecule has 0 aliphatic rings. The van der Waals surface area contributed by atoms with Gasteiger partial charge in [0.1, 0.15) is 0 Å². The third kappa shape index (κ3) is 1.14. The zero-order valence-electron chi connectivity index (χ0n) is 4.86. The fourth-order valence-electron chi connectivity index (χ4n) is 0.500. The Morgan fingerprint density at radius 2 is 2.67 bits per heavy atom. The number of nitrogens with zero attached hydrogens (tertiary/aromatic N) is 2. The number of H-pyrrole nitrogens is 1. The number of aliphatic hydroxyl groups excluding tert-OH is 1. The van der Waals surface area contributed by atoms with E-state index in [-0.39, 0.29) is 0 Å². The highest BCUT2D eigenvalue weighted by atomic mass is 16.3. The fraction of sp³-hybridized carbons (Fsp3) is 0.200. The van der Waals surface area contributed by atoms with Gasteiger partial charge in [0.15, 0.2) is 6.23 Å². The second kappa shape index (κ2) is 2.41. The topological polar surface area (TPSA) is 52.8 Å². The van der Waals surface area contributed by atoms with Gasteiger partial charge in [0, 0.05) is 5.10 Å². The van der Waals surface area contributed by atoms with E-state index in [0.29, 0.717) is 0 Å². The zero-order chi connectivity index (χ0) is 6.69. The van der Waals surface area contributed by atoms with E-state index < -0.39 is 6.23 Å². The first-order valence-corrected chi connectivity index (χ1v) is 2.54. The van der Waals surface area contributed by atoms with Gasteiger partial charge in [-0.25, -0.2) is 4.57 Å². The van der Waals surface area contributed by atoms with Gasteiger partial charge >= 0.3 is 0 Å². The van der Waals surface area contributed by atoms with Gasteiger partial charge in [-0.3, -0.25) is 0 Å². The van der Waals surface area contributed by atoms with Gasteiger partial charge in [0.05, 0.1) is 0 Å². The first-order chi connectivity index (χ1) is 4.34. The van der Waals surface area contributed by atoms with Crippen molar-refractivity contribution >= 4 is 0 Å². The third-order valence-corrected chi connectivity index (χ3v) is 0.989. The Labute approximate surface area is 52.5 Å². The third-order valence-electron chi connectivity index (χ3n) is 0.989. The van der Waals surface area contributed by atoms with E-state index in [1.807, 2.05) is 0 Å². The number of aliphatic hydroxyl groups is 1. The Kier molecular flexibility index (Phi) is 1.60. The van der Waals surface area contributed by atoms with Crippen LogP contribution in [0.15, 0.2) is 25.3 Å². The normalized spacial score (nSPS) is 13.0. The minimum Gasteiger partial charge on any atom is -0.358 e. The Morgan fingerprint density at radius 1 is 1.89 bits per heavy atom. The SMILES string of the molecule is C=CC(O)[n+]1cn[nH]c1. The average Bonchev–Trinajstić information content (AvgIpc) is 2.37. The van der Waals surface area contributed by atoms with Crippen LogP contribution in [-0.4, -0.2) is 15.3 Å². The van der Waals surface area contributed by atoms with Gasteiger partial charge in [0.25, 0.3) is 6.33 Å². The van der Waals surface area contributed by atoms with Crippen LogP contribution in [0.3, 0.4) is 0 Å². The molecule has 9 heavy (non-hydrogen) atoms. The largest absolute Gasteiger partial charge is 0.358 e. The van der Waals surface area contributed by atoms with Gasteiger partial charge in [0.2, 0.25) is 6.33 Å². The molecule has 1 aromatic rings. The quantitative estimate of drug-likeness (QED) is 0.409. The molecule has 0 bridgehead atoms. The molecular formula is C5H8N3O+. The van der Waals surface area contributed by atoms with Crippen LogP contribution in [0.25, 0.3) is 0 Å². The Balaban J connectivity index is 2.76. The molecule has 1 heterocycles. The minimum atomic E-state index is -0.677. The summed E-state index contributed by atoms with van der Waals surface area (Å²) >= 11 is 0. The first kappa shape index (κ1) is 5.97. The molecule has 0 radical (unpaired) electrons. The van der Waals surface area contributed by atoms with E-state index in [1.54, 1.807) is 6.33 Å². The van der Waals surface area contributed by atoms with Gasteiger partial charge < -0.3 is 5.11 Å². The van der Waals surface area contributed by atoms with E-state index in [9.17, 15) is 0 Å². The smallest absolute Gasteiger partial charge is 0.267 e. The van der Waals surface area contributed by atoms with Crippen molar-refractivity contribution in [2.24, 2.45) is 0 Å². The Morgan fingerprint density at radius 3 is 3.11 bits per heavy atom. The fourth-order valence-corrected chi connectivity index (χ4v) is 0.500. The molecular weight excluding hydrogens is 118 g/mol. The summed E-state index contributed by atoms with van der Waals surface area (Å²) in [5, 5.41) is 15.2. The predicted octanol–water partition coefficient (Wildman–Crippen LogP) is -0.626. The standard InChI is InChI=1S/C5H7N3O/c1-2-5(9)8-3-6-7-4-8/h2-5,9H,1H2/p+1. The maximum absolute atomic E-state index is 9.00. The van der Waals surface area contributed by atoms with Crippen LogP contribution < -0.4 is 4.57 Å². The summed E-state index contributed by atoms with van der Waals surface area (Å²) in [7, 11) is 0. The van der Waals surface area contributed by atoms with Crippen LogP contribution in [0, 0.1) is 0 Å². The molecule has 0 aliphatic heterocycles. The molecule has 0 amide bonds. The van der Waals surface area contributed by atoms with E-state index >= 15 is 0 Å². The van der Waals surface area contributed by atoms with Crippen molar-refractivity contribution < 1.29 is 9.67 Å². The van der Waals surface area contributed by atoms with Crippen molar-refractivity contribution in [1.29, 1.82) is 0 Å². The summed E-state index contributed by atoms with van der Waals surface area (Å²) in [4.78, 5) is 0. The van der Waals surface area contributed by atoms with Crippen LogP contribution in [0.2, 0.25) is 0 Å². The molecule has 0 saturated carbocycles. The molecule has 0 fully saturated rings. The summed E-state index contributed by atoms with van der Waals surface area (Å²) in [5.41, 5.74) is 0. The molecule has 0 spiro atoms. The molecule has 0 aliphatic carbocycles. The average molecular weight is 126 g/mol. The molecule has 1 atom stereocenters. The predicted molar refractivity (Wildman–Crippen MR) is 30.2 cm³/mol. The maximum atomic E-state index is 9.00. The molecule has 0 aromatic carbocycles. The lowest BCUT2D eigenvalue weighted by atomic mass is 10.5. The summed E-state index contributed by atoms with van der Waals surface area (Å²) < 4.78 is 1.49. The first-order valence-electron chi connectivity index (χ1n) is 2.54. The number of nitrogens with one attached hydrogen (secondary N) is 1. The monoisotopic (exact) mass is 126 g/mol. The van der Waals surface area contributed by atoms with Crippen LogP contribution in [0.5, 0.6) is 0 Å². The Bertz CT molecular complexity index is 182. The van der Waals surface area contributed by atoms with Gasteiger partial charge in [-0.1, -0.05) is 6.58 Å². The number of rotatable bonds is 2. The number of aromatic amines is 1. The van der Waals surface area contributed by atoms with Crippen molar-refractivity contribution in [1.82, 2.24) is 10.2 Å². The van der Waals surface area contributed by atoms with E-state index in [1.165, 1.54) is 17.0 Å². The lowest BCUT2D eigenvalue weighted by Gasteiger charge is -1.96. The summed E-state index contributed by atoms with van der Waals surface area (Å²) in [6, 6.07) is 0. The number of hydrogen-bond donors (Lipinski definition) is 2. The second-order valence-corrected chi connectivity index (χ2v) is 1.60. The van der Waals surface area contributed by atoms with Crippen molar-refractivity contribution in [2.75, 3.05) is 0 Å². The van der Waals surface area contributed by atoms with E-state index in [4.69, 9.17) is 5.11 Å². The maximum Gasteiger partial charge on any atom is 0.267 e. The molecule has 1 rings (SSSR count). The van der Waals surface area contributed by atoms with Gasteiger partial charge in [-0.2, -0.15) is 0 Å². The number of hydrogen-bond acceptors (Lipinski definition) is 2. The van der Waals surface area contributed by atoms with Crippen molar-refractivity contribution in [3.8, 4) is 0 Å². The number of aromatic nitrogens is 3. The molecule has 1 aromatic heterocycles. The minimum absolute atomic E-state index is 0.677. The lowest BCUT2D eigenvalue weighted by molar-refractivity contribution is -0.747. The summed E-state index contributed by atoms with van der Waals surface area (Å²) in [5.74, 6) is 0. The summed E-state index contributed by atoms with van der Waals surface area (Å²) in [6.07, 6.45) is 3.76. The van der Waals surface area contributed by atoms with Crippen molar-refractivity contribution in [3.05, 3.63) is 25.3 Å². The highest BCUT2D eigenvalue weighted by Crippen LogP contribution is 1.85. The highest BCUT2D eigenvalue weighted by molar-refractivity contribution is 4.64. The van der Waals surface area contributed by atoms with E-state index in [2.05, 4.69) is 16.8 Å². The second-order valence-electron chi connectivity index (χ2n) is 1.60. The van der Waals surface area contributed by atoms with E-state index in [0.717, 1.165) is 0 Å². The molecule has 4 nitrogen and oxygen atoms in total. The van der Waals surface area contributed by atoms with Crippen molar-refractivity contribution in [3.63, 3.8) is 0 Å². The Hall–Kier alpha value is -1.16. The van der Waals surface area contributed by atoms with Crippen LogP contribution in [-0.2, 0) is 0 Å².